The lowest BCUT2D eigenvalue weighted by Crippen LogP contribution is -2.39. The number of hydrogen-bond donors (Lipinski definition) is 2. The molecule has 0 saturated heterocycles. The molecule has 2 fully saturated rings. The van der Waals surface area contributed by atoms with Crippen LogP contribution in [0.4, 0.5) is 11.4 Å². The fourth-order valence-corrected chi connectivity index (χ4v) is 6.40. The normalized spacial score (nSPS) is 22.8. The summed E-state index contributed by atoms with van der Waals surface area (Å²) in [5.74, 6) is 11.0. The van der Waals surface area contributed by atoms with E-state index >= 15 is 0 Å². The van der Waals surface area contributed by atoms with Gasteiger partial charge >= 0.3 is 8.25 Å². The van der Waals surface area contributed by atoms with Crippen LogP contribution < -0.4 is 9.80 Å². The fourth-order valence-electron chi connectivity index (χ4n) is 5.85. The van der Waals surface area contributed by atoms with Crippen LogP contribution in [0, 0.1) is 35.5 Å². The van der Waals surface area contributed by atoms with Gasteiger partial charge < -0.3 is 20.0 Å². The molecule has 2 aromatic carbocycles. The molecule has 0 spiro atoms. The van der Waals surface area contributed by atoms with Crippen LogP contribution in [0.15, 0.2) is 60.9 Å². The Morgan fingerprint density at radius 3 is 1.56 bits per heavy atom. The van der Waals surface area contributed by atoms with E-state index in [2.05, 4.69) is 44.3 Å². The lowest BCUT2D eigenvalue weighted by molar-refractivity contribution is -0.131. The van der Waals surface area contributed by atoms with Gasteiger partial charge in [-0.05, 0) is 37.8 Å². The number of anilines is 2. The molecule has 2 saturated carbocycles. The van der Waals surface area contributed by atoms with Crippen molar-refractivity contribution in [1.82, 2.24) is 30.0 Å². The van der Waals surface area contributed by atoms with Crippen molar-refractivity contribution in [2.24, 2.45) is 11.8 Å². The number of amides is 2. The van der Waals surface area contributed by atoms with E-state index in [1.165, 1.54) is 19.2 Å². The minimum absolute atomic E-state index is 0.0331. The van der Waals surface area contributed by atoms with E-state index in [0.29, 0.717) is 33.9 Å². The smallest absolute Gasteiger partial charge is 0.322 e. The number of aliphatic hydroxyl groups is 2. The van der Waals surface area contributed by atoms with Crippen LogP contribution in [-0.4, -0.2) is 52.0 Å². The molecular formula is C34H31N8O7P. The third kappa shape index (κ3) is 6.11. The molecule has 2 aliphatic heterocycles. The summed E-state index contributed by atoms with van der Waals surface area (Å²) in [6, 6.07) is 13.9. The summed E-state index contributed by atoms with van der Waals surface area (Å²) < 4.78 is 25.8. The minimum Gasteiger partial charge on any atom is -0.366 e. The third-order valence-electron chi connectivity index (χ3n) is 8.79. The van der Waals surface area contributed by atoms with Crippen LogP contribution in [0.3, 0.4) is 0 Å². The van der Waals surface area contributed by atoms with Crippen LogP contribution in [0.2, 0.25) is 0 Å². The molecule has 0 radical (unpaired) electrons. The summed E-state index contributed by atoms with van der Waals surface area (Å²) in [5.41, 5.74) is -1.07. The summed E-state index contributed by atoms with van der Waals surface area (Å²) >= 11 is 0. The van der Waals surface area contributed by atoms with E-state index in [0.717, 1.165) is 25.7 Å². The molecule has 4 aliphatic rings. The zero-order valence-corrected chi connectivity index (χ0v) is 27.6. The van der Waals surface area contributed by atoms with Crippen molar-refractivity contribution in [3.05, 3.63) is 83.4 Å². The highest BCUT2D eigenvalue weighted by molar-refractivity contribution is 7.33. The fraction of sp³-hybridized carbons (Fsp3) is 0.353. The van der Waals surface area contributed by atoms with E-state index in [4.69, 9.17) is 9.05 Å². The Bertz CT molecular complexity index is 2010. The molecule has 4 aromatic rings. The van der Waals surface area contributed by atoms with Gasteiger partial charge in [0.1, 0.15) is 24.8 Å². The van der Waals surface area contributed by atoms with Crippen LogP contribution in [-0.2, 0) is 61.0 Å². The summed E-state index contributed by atoms with van der Waals surface area (Å²) in [6.07, 6.45) is 6.94. The maximum atomic E-state index is 13.4. The molecule has 15 nitrogen and oxygen atoms in total. The van der Waals surface area contributed by atoms with Gasteiger partial charge in [0, 0.05) is 23.0 Å². The lowest BCUT2D eigenvalue weighted by atomic mass is 9.96. The number of benzene rings is 2. The molecule has 2 aromatic heterocycles. The monoisotopic (exact) mass is 694 g/mol. The number of fused-ring (bicyclic) bond motifs is 2. The molecule has 16 heteroatoms. The second-order valence-electron chi connectivity index (χ2n) is 12.6. The predicted molar refractivity (Wildman–Crippen MR) is 175 cm³/mol. The largest absolute Gasteiger partial charge is 0.366 e. The first-order valence-corrected chi connectivity index (χ1v) is 17.3. The molecule has 4 heterocycles. The van der Waals surface area contributed by atoms with Crippen molar-refractivity contribution in [3.63, 3.8) is 0 Å². The van der Waals surface area contributed by atoms with Crippen LogP contribution >= 0.6 is 8.25 Å². The molecule has 2 amide bonds. The maximum Gasteiger partial charge on any atom is 0.322 e. The first-order valence-electron chi connectivity index (χ1n) is 16.1. The Balaban J connectivity index is 0.845. The van der Waals surface area contributed by atoms with Crippen LogP contribution in [0.25, 0.3) is 0 Å². The zero-order chi connectivity index (χ0) is 34.5. The molecule has 2 aliphatic carbocycles. The lowest BCUT2D eigenvalue weighted by Gasteiger charge is -2.18. The Hall–Kier alpha value is -5.15. The average molecular weight is 695 g/mol. The van der Waals surface area contributed by atoms with Crippen molar-refractivity contribution < 1.29 is 33.4 Å². The van der Waals surface area contributed by atoms with Crippen molar-refractivity contribution >= 4 is 31.4 Å². The van der Waals surface area contributed by atoms with E-state index < -0.39 is 31.3 Å². The van der Waals surface area contributed by atoms with Crippen LogP contribution in [0.5, 0.6) is 0 Å². The molecule has 2 N–H and O–H groups in total. The molecule has 0 bridgehead atoms. The van der Waals surface area contributed by atoms with Gasteiger partial charge in [-0.15, -0.1) is 10.2 Å². The van der Waals surface area contributed by atoms with E-state index in [1.54, 1.807) is 60.9 Å². The van der Waals surface area contributed by atoms with Gasteiger partial charge in [-0.3, -0.25) is 23.2 Å². The van der Waals surface area contributed by atoms with Gasteiger partial charge in [-0.2, -0.15) is 0 Å². The SMILES string of the molecule is O=C1N(Cc2cn(CO[PH](=O)OCn3cc(CN4C(=O)C(O)(C#CC5CC5)c5ccccc54)nn3)nn2)c2ccccc2C1(O)C#CC1CC1. The number of carbonyl (C=O) groups is 2. The summed E-state index contributed by atoms with van der Waals surface area (Å²) in [5, 5.41) is 38.7. The van der Waals surface area contributed by atoms with Gasteiger partial charge in [0.25, 0.3) is 11.8 Å². The van der Waals surface area contributed by atoms with Gasteiger partial charge in [-0.1, -0.05) is 70.5 Å². The number of aromatic nitrogens is 6. The Morgan fingerprint density at radius 1 is 0.720 bits per heavy atom. The number of hydrogen-bond acceptors (Lipinski definition) is 11. The van der Waals surface area contributed by atoms with E-state index in [1.807, 2.05) is 0 Å². The standard InChI is InChI=1S/C34H31N8O7P/c43-31-33(45,15-13-23-9-10-23)27-5-1-3-7-29(27)41(31)19-25-17-39(37-35-25)21-48-50(47)49-22-40-18-26(36-38-40)20-42-30-8-4-2-6-28(30)34(46,32(42)44)16-14-24-11-12-24/h1-8,17-18,23-24,45-46,50H,9-12,19-22H2. The van der Waals surface area contributed by atoms with Gasteiger partial charge in [0.2, 0.25) is 11.2 Å². The second-order valence-corrected chi connectivity index (χ2v) is 13.7. The number of carbonyl (C=O) groups excluding carboxylic acids is 2. The summed E-state index contributed by atoms with van der Waals surface area (Å²) in [6.45, 7) is -0.410. The van der Waals surface area contributed by atoms with Crippen molar-refractivity contribution in [1.29, 1.82) is 0 Å². The minimum atomic E-state index is -3.01. The third-order valence-corrected chi connectivity index (χ3v) is 9.52. The number of nitrogens with zero attached hydrogens (tertiary/aromatic N) is 8. The highest BCUT2D eigenvalue weighted by atomic mass is 31.1. The van der Waals surface area contributed by atoms with Gasteiger partial charge in [0.15, 0.2) is 0 Å². The highest BCUT2D eigenvalue weighted by Crippen LogP contribution is 2.42. The van der Waals surface area contributed by atoms with E-state index in [9.17, 15) is 24.4 Å². The average Bonchev–Trinajstić information content (AvgIpc) is 4.03. The Kier molecular flexibility index (Phi) is 8.10. The van der Waals surface area contributed by atoms with E-state index in [-0.39, 0.29) is 38.4 Å². The van der Waals surface area contributed by atoms with Gasteiger partial charge in [0.05, 0.1) is 36.9 Å². The number of para-hydroxylation sites is 2. The zero-order valence-electron chi connectivity index (χ0n) is 26.6. The molecule has 8 rings (SSSR count). The molecule has 2 unspecified atom stereocenters. The molecule has 2 atom stereocenters. The summed E-state index contributed by atoms with van der Waals surface area (Å²) in [7, 11) is -3.01. The Morgan fingerprint density at radius 2 is 1.14 bits per heavy atom. The maximum absolute atomic E-state index is 13.4. The Labute approximate surface area is 286 Å². The molecule has 254 valence electrons. The van der Waals surface area contributed by atoms with Crippen molar-refractivity contribution in [2.45, 2.75) is 63.4 Å². The van der Waals surface area contributed by atoms with Crippen molar-refractivity contribution in [2.75, 3.05) is 9.80 Å². The summed E-state index contributed by atoms with van der Waals surface area (Å²) in [4.78, 5) is 29.5. The quantitative estimate of drug-likeness (QED) is 0.184. The van der Waals surface area contributed by atoms with Crippen molar-refractivity contribution in [3.8, 4) is 23.7 Å². The predicted octanol–water partition coefficient (Wildman–Crippen LogP) is 2.20. The second kappa shape index (κ2) is 12.6. The van der Waals surface area contributed by atoms with Gasteiger partial charge in [-0.25, -0.2) is 9.36 Å². The highest BCUT2D eigenvalue weighted by Gasteiger charge is 2.50. The topological polar surface area (TPSA) is 178 Å². The first kappa shape index (κ1) is 32.1. The van der Waals surface area contributed by atoms with Crippen LogP contribution in [0.1, 0.15) is 48.2 Å². The first-order chi connectivity index (χ1) is 24.2. The molecule has 50 heavy (non-hydrogen) atoms. The molecular weight excluding hydrogens is 663 g/mol. The number of rotatable bonds is 10.